The summed E-state index contributed by atoms with van der Waals surface area (Å²) in [5, 5.41) is 3.56. The highest BCUT2D eigenvalue weighted by molar-refractivity contribution is 5.86. The van der Waals surface area contributed by atoms with Gasteiger partial charge in [0, 0.05) is 6.07 Å². The maximum absolute atomic E-state index is 11.0. The van der Waals surface area contributed by atoms with Crippen LogP contribution in [0.1, 0.15) is 16.2 Å². The molecule has 0 unspecified atom stereocenters. The maximum atomic E-state index is 11.0. The van der Waals surface area contributed by atoms with Crippen LogP contribution in [0.3, 0.4) is 0 Å². The Hall–Kier alpha value is -1.36. The molecule has 5 heteroatoms. The SMILES string of the molecule is COC(=O)c1cc(CN(C)C)on1. The molecule has 0 aromatic carbocycles. The summed E-state index contributed by atoms with van der Waals surface area (Å²) in [6.45, 7) is 0.615. The molecular weight excluding hydrogens is 172 g/mol. The molecule has 0 bridgehead atoms. The van der Waals surface area contributed by atoms with E-state index in [0.717, 1.165) is 0 Å². The molecular formula is C8H12N2O3. The molecule has 0 radical (unpaired) electrons. The standard InChI is InChI=1S/C8H12N2O3/c1-10(2)5-6-4-7(9-13-6)8(11)12-3/h4H,5H2,1-3H3. The summed E-state index contributed by atoms with van der Waals surface area (Å²) in [5.74, 6) is 0.166. The average molecular weight is 184 g/mol. The highest BCUT2D eigenvalue weighted by Crippen LogP contribution is 2.06. The van der Waals surface area contributed by atoms with Crippen molar-refractivity contribution in [3.05, 3.63) is 17.5 Å². The zero-order chi connectivity index (χ0) is 9.84. The first-order valence-electron chi connectivity index (χ1n) is 3.82. The highest BCUT2D eigenvalue weighted by Gasteiger charge is 2.12. The molecule has 1 aromatic heterocycles. The lowest BCUT2D eigenvalue weighted by Gasteiger charge is -2.03. The van der Waals surface area contributed by atoms with Crippen molar-refractivity contribution >= 4 is 5.97 Å². The highest BCUT2D eigenvalue weighted by atomic mass is 16.5. The smallest absolute Gasteiger partial charge is 0.360 e. The van der Waals surface area contributed by atoms with Crippen LogP contribution in [0.5, 0.6) is 0 Å². The Kier molecular flexibility index (Phi) is 3.02. The van der Waals surface area contributed by atoms with Crippen molar-refractivity contribution < 1.29 is 14.1 Å². The number of methoxy groups -OCH3 is 1. The van der Waals surface area contributed by atoms with Crippen molar-refractivity contribution in [1.82, 2.24) is 10.1 Å². The number of nitrogens with zero attached hydrogens (tertiary/aromatic N) is 2. The molecule has 1 rings (SSSR count). The zero-order valence-electron chi connectivity index (χ0n) is 7.90. The molecule has 1 aromatic rings. The van der Waals surface area contributed by atoms with Crippen LogP contribution in [0.25, 0.3) is 0 Å². The monoisotopic (exact) mass is 184 g/mol. The first-order chi connectivity index (χ1) is 6.13. The maximum Gasteiger partial charge on any atom is 0.360 e. The fourth-order valence-electron chi connectivity index (χ4n) is 0.900. The van der Waals surface area contributed by atoms with Crippen LogP contribution < -0.4 is 0 Å². The summed E-state index contributed by atoms with van der Waals surface area (Å²) >= 11 is 0. The molecule has 0 spiro atoms. The van der Waals surface area contributed by atoms with Crippen molar-refractivity contribution in [3.8, 4) is 0 Å². The number of ether oxygens (including phenoxy) is 1. The first kappa shape index (κ1) is 9.73. The second-order valence-corrected chi connectivity index (χ2v) is 2.91. The Morgan fingerprint density at radius 2 is 2.38 bits per heavy atom. The average Bonchev–Trinajstić information content (AvgIpc) is 2.50. The van der Waals surface area contributed by atoms with Gasteiger partial charge in [-0.05, 0) is 14.1 Å². The lowest BCUT2D eigenvalue weighted by molar-refractivity contribution is 0.0589. The van der Waals surface area contributed by atoms with Crippen molar-refractivity contribution in [2.24, 2.45) is 0 Å². The third-order valence-corrected chi connectivity index (χ3v) is 1.43. The van der Waals surface area contributed by atoms with Gasteiger partial charge in [0.15, 0.2) is 11.5 Å². The van der Waals surface area contributed by atoms with Gasteiger partial charge in [-0.25, -0.2) is 4.79 Å². The lowest BCUT2D eigenvalue weighted by atomic mass is 10.3. The van der Waals surface area contributed by atoms with E-state index in [9.17, 15) is 4.79 Å². The van der Waals surface area contributed by atoms with Crippen LogP contribution in [-0.2, 0) is 11.3 Å². The molecule has 1 heterocycles. The Morgan fingerprint density at radius 1 is 1.69 bits per heavy atom. The molecule has 0 N–H and O–H groups in total. The predicted molar refractivity (Wildman–Crippen MR) is 45.2 cm³/mol. The fraction of sp³-hybridized carbons (Fsp3) is 0.500. The van der Waals surface area contributed by atoms with Crippen molar-refractivity contribution in [2.75, 3.05) is 21.2 Å². The second-order valence-electron chi connectivity index (χ2n) is 2.91. The van der Waals surface area contributed by atoms with Gasteiger partial charge in [0.2, 0.25) is 0 Å². The van der Waals surface area contributed by atoms with Gasteiger partial charge in [-0.3, -0.25) is 0 Å². The van der Waals surface area contributed by atoms with E-state index in [4.69, 9.17) is 4.52 Å². The quantitative estimate of drug-likeness (QED) is 0.641. The largest absolute Gasteiger partial charge is 0.464 e. The van der Waals surface area contributed by atoms with Crippen LogP contribution in [0, 0.1) is 0 Å². The Bertz CT molecular complexity index is 293. The van der Waals surface area contributed by atoms with Crippen LogP contribution in [0.2, 0.25) is 0 Å². The molecule has 0 aliphatic rings. The van der Waals surface area contributed by atoms with Gasteiger partial charge in [0.05, 0.1) is 13.7 Å². The van der Waals surface area contributed by atoms with Crippen molar-refractivity contribution in [2.45, 2.75) is 6.54 Å². The van der Waals surface area contributed by atoms with Crippen LogP contribution in [0.15, 0.2) is 10.6 Å². The molecule has 0 amide bonds. The Morgan fingerprint density at radius 3 is 2.92 bits per heavy atom. The summed E-state index contributed by atoms with van der Waals surface area (Å²) in [6, 6.07) is 1.58. The van der Waals surface area contributed by atoms with E-state index in [1.165, 1.54) is 7.11 Å². The number of carbonyl (C=O) groups excluding carboxylic acids is 1. The zero-order valence-corrected chi connectivity index (χ0v) is 7.90. The molecule has 0 saturated carbocycles. The molecule has 0 fully saturated rings. The lowest BCUT2D eigenvalue weighted by Crippen LogP contribution is -2.09. The number of hydrogen-bond acceptors (Lipinski definition) is 5. The number of hydrogen-bond donors (Lipinski definition) is 0. The van der Waals surface area contributed by atoms with Gasteiger partial charge in [0.1, 0.15) is 0 Å². The van der Waals surface area contributed by atoms with Gasteiger partial charge in [-0.15, -0.1) is 0 Å². The van der Waals surface area contributed by atoms with E-state index in [-0.39, 0.29) is 5.69 Å². The summed E-state index contributed by atoms with van der Waals surface area (Å²) in [4.78, 5) is 12.9. The summed E-state index contributed by atoms with van der Waals surface area (Å²) < 4.78 is 9.39. The number of rotatable bonds is 3. The summed E-state index contributed by atoms with van der Waals surface area (Å²) in [5.41, 5.74) is 0.208. The summed E-state index contributed by atoms with van der Waals surface area (Å²) in [7, 11) is 5.11. The Labute approximate surface area is 76.3 Å². The van der Waals surface area contributed by atoms with Crippen LogP contribution in [-0.4, -0.2) is 37.2 Å². The third kappa shape index (κ3) is 2.55. The van der Waals surface area contributed by atoms with Gasteiger partial charge in [-0.1, -0.05) is 5.16 Å². The van der Waals surface area contributed by atoms with E-state index in [0.29, 0.717) is 12.3 Å². The minimum Gasteiger partial charge on any atom is -0.464 e. The van der Waals surface area contributed by atoms with Crippen LogP contribution in [0.4, 0.5) is 0 Å². The van der Waals surface area contributed by atoms with E-state index >= 15 is 0 Å². The molecule has 72 valence electrons. The second kappa shape index (κ2) is 4.04. The number of esters is 1. The number of carbonyl (C=O) groups is 1. The van der Waals surface area contributed by atoms with Gasteiger partial charge in [-0.2, -0.15) is 0 Å². The number of aromatic nitrogens is 1. The fourth-order valence-corrected chi connectivity index (χ4v) is 0.900. The third-order valence-electron chi connectivity index (χ3n) is 1.43. The molecule has 5 nitrogen and oxygen atoms in total. The molecule has 0 aliphatic carbocycles. The van der Waals surface area contributed by atoms with Crippen molar-refractivity contribution in [3.63, 3.8) is 0 Å². The molecule has 0 saturated heterocycles. The van der Waals surface area contributed by atoms with Gasteiger partial charge >= 0.3 is 5.97 Å². The molecule has 13 heavy (non-hydrogen) atoms. The Balaban J connectivity index is 2.69. The van der Waals surface area contributed by atoms with Crippen molar-refractivity contribution in [1.29, 1.82) is 0 Å². The minimum atomic E-state index is -0.478. The molecule has 0 aliphatic heterocycles. The van der Waals surface area contributed by atoms with Gasteiger partial charge < -0.3 is 14.2 Å². The van der Waals surface area contributed by atoms with Gasteiger partial charge in [0.25, 0.3) is 0 Å². The minimum absolute atomic E-state index is 0.208. The summed E-state index contributed by atoms with van der Waals surface area (Å²) in [6.07, 6.45) is 0. The topological polar surface area (TPSA) is 55.6 Å². The first-order valence-corrected chi connectivity index (χ1v) is 3.82. The molecule has 0 atom stereocenters. The van der Waals surface area contributed by atoms with E-state index in [1.807, 2.05) is 19.0 Å². The van der Waals surface area contributed by atoms with E-state index in [1.54, 1.807) is 6.07 Å². The van der Waals surface area contributed by atoms with E-state index < -0.39 is 5.97 Å². The predicted octanol–water partition coefficient (Wildman–Crippen LogP) is 0.523. The normalized spacial score (nSPS) is 10.5. The van der Waals surface area contributed by atoms with E-state index in [2.05, 4.69) is 9.89 Å². The van der Waals surface area contributed by atoms with Crippen LogP contribution >= 0.6 is 0 Å².